The van der Waals surface area contributed by atoms with Crippen molar-refractivity contribution < 1.29 is 4.79 Å². The van der Waals surface area contributed by atoms with Crippen LogP contribution in [0.4, 0.5) is 0 Å². The minimum Gasteiger partial charge on any atom is -0.342 e. The third-order valence-corrected chi connectivity index (χ3v) is 5.04. The summed E-state index contributed by atoms with van der Waals surface area (Å²) in [6, 6.07) is 1.91. The molecule has 3 aromatic rings. The van der Waals surface area contributed by atoms with E-state index in [0.717, 1.165) is 5.01 Å². The Morgan fingerprint density at radius 1 is 1.30 bits per heavy atom. The highest BCUT2D eigenvalue weighted by atomic mass is 32.1. The Bertz CT molecular complexity index is 785. The molecule has 0 saturated carbocycles. The number of aromatic nitrogens is 3. The molecule has 1 unspecified atom stereocenters. The Balaban J connectivity index is 1.81. The van der Waals surface area contributed by atoms with Crippen LogP contribution in [0.15, 0.2) is 34.6 Å². The Kier molecular flexibility index (Phi) is 4.78. The molecule has 0 fully saturated rings. The molecule has 0 radical (unpaired) electrons. The lowest BCUT2D eigenvalue weighted by Crippen LogP contribution is -2.30. The minimum absolute atomic E-state index is 0.155. The second-order valence-corrected chi connectivity index (χ2v) is 6.85. The molecule has 7 heteroatoms. The number of amides is 1. The van der Waals surface area contributed by atoms with Crippen molar-refractivity contribution in [1.82, 2.24) is 20.3 Å². The van der Waals surface area contributed by atoms with Gasteiger partial charge in [0.25, 0.3) is 5.91 Å². The molecule has 1 amide bonds. The van der Waals surface area contributed by atoms with E-state index in [-0.39, 0.29) is 11.9 Å². The summed E-state index contributed by atoms with van der Waals surface area (Å²) in [6.45, 7) is 3.63. The summed E-state index contributed by atoms with van der Waals surface area (Å²) in [4.78, 5) is 25.3. The summed E-state index contributed by atoms with van der Waals surface area (Å²) in [5.74, 6) is 0.492. The Hall–Kier alpha value is -2.12. The van der Waals surface area contributed by atoms with Crippen molar-refractivity contribution in [2.75, 3.05) is 0 Å². The molecule has 0 spiro atoms. The van der Waals surface area contributed by atoms with Gasteiger partial charge in [0.05, 0.1) is 17.3 Å². The fourth-order valence-corrected chi connectivity index (χ4v) is 3.66. The van der Waals surface area contributed by atoms with Crippen molar-refractivity contribution in [3.8, 4) is 0 Å². The largest absolute Gasteiger partial charge is 0.342 e. The van der Waals surface area contributed by atoms with Crippen LogP contribution in [0.5, 0.6) is 0 Å². The molecule has 0 aliphatic carbocycles. The minimum atomic E-state index is -0.169. The van der Waals surface area contributed by atoms with E-state index in [2.05, 4.69) is 31.7 Å². The van der Waals surface area contributed by atoms with E-state index in [0.29, 0.717) is 23.5 Å². The van der Waals surface area contributed by atoms with Crippen LogP contribution in [-0.2, 0) is 6.42 Å². The van der Waals surface area contributed by atoms with Crippen LogP contribution in [0.25, 0.3) is 0 Å². The number of thiophene rings is 1. The number of hydrogen-bond acceptors (Lipinski definition) is 6. The number of thiazole rings is 1. The molecule has 1 N–H and O–H groups in total. The molecule has 3 heterocycles. The van der Waals surface area contributed by atoms with Crippen LogP contribution in [0.1, 0.15) is 38.5 Å². The van der Waals surface area contributed by atoms with E-state index in [4.69, 9.17) is 0 Å². The van der Waals surface area contributed by atoms with Gasteiger partial charge in [-0.15, -0.1) is 11.3 Å². The van der Waals surface area contributed by atoms with Gasteiger partial charge in [0.2, 0.25) is 0 Å². The molecular weight excluding hydrogens is 328 g/mol. The van der Waals surface area contributed by atoms with Gasteiger partial charge in [-0.1, -0.05) is 0 Å². The third-order valence-electron chi connectivity index (χ3n) is 3.42. The second kappa shape index (κ2) is 6.97. The van der Waals surface area contributed by atoms with E-state index in [1.165, 1.54) is 5.56 Å². The van der Waals surface area contributed by atoms with Gasteiger partial charge >= 0.3 is 0 Å². The van der Waals surface area contributed by atoms with Crippen molar-refractivity contribution in [3.63, 3.8) is 0 Å². The van der Waals surface area contributed by atoms with Gasteiger partial charge in [0.15, 0.2) is 0 Å². The maximum atomic E-state index is 12.6. The molecule has 5 nitrogen and oxygen atoms in total. The topological polar surface area (TPSA) is 67.8 Å². The average Bonchev–Trinajstić information content (AvgIpc) is 3.20. The zero-order chi connectivity index (χ0) is 16.2. The van der Waals surface area contributed by atoms with Gasteiger partial charge in [-0.2, -0.15) is 11.3 Å². The van der Waals surface area contributed by atoms with Gasteiger partial charge in [0.1, 0.15) is 10.8 Å². The monoisotopic (exact) mass is 344 g/mol. The quantitative estimate of drug-likeness (QED) is 0.771. The molecule has 23 heavy (non-hydrogen) atoms. The van der Waals surface area contributed by atoms with E-state index < -0.39 is 0 Å². The number of hydrogen-bond donors (Lipinski definition) is 1. The molecule has 0 bridgehead atoms. The fraction of sp³-hybridized carbons (Fsp3) is 0.250. The highest BCUT2D eigenvalue weighted by Crippen LogP contribution is 2.22. The van der Waals surface area contributed by atoms with Crippen LogP contribution in [0.2, 0.25) is 0 Å². The highest BCUT2D eigenvalue weighted by Gasteiger charge is 2.20. The lowest BCUT2D eigenvalue weighted by Gasteiger charge is -2.16. The second-order valence-electron chi connectivity index (χ2n) is 5.15. The first kappa shape index (κ1) is 15.8. The zero-order valence-electron chi connectivity index (χ0n) is 12.8. The smallest absolute Gasteiger partial charge is 0.255 e. The van der Waals surface area contributed by atoms with Crippen molar-refractivity contribution in [1.29, 1.82) is 0 Å². The molecule has 0 aliphatic heterocycles. The summed E-state index contributed by atoms with van der Waals surface area (Å²) < 4.78 is 0. The maximum Gasteiger partial charge on any atom is 0.255 e. The Morgan fingerprint density at radius 2 is 2.17 bits per heavy atom. The maximum absolute atomic E-state index is 12.6. The summed E-state index contributed by atoms with van der Waals surface area (Å²) in [5.41, 5.74) is 2.37. The average molecular weight is 344 g/mol. The molecule has 3 aromatic heterocycles. The van der Waals surface area contributed by atoms with Crippen LogP contribution >= 0.6 is 22.7 Å². The van der Waals surface area contributed by atoms with Crippen LogP contribution in [0, 0.1) is 13.8 Å². The van der Waals surface area contributed by atoms with Crippen LogP contribution in [-0.4, -0.2) is 20.9 Å². The predicted molar refractivity (Wildman–Crippen MR) is 91.9 cm³/mol. The molecular formula is C16H16N4OS2. The normalized spacial score (nSPS) is 12.1. The molecule has 0 aliphatic rings. The molecule has 3 rings (SSSR count). The molecule has 0 saturated heterocycles. The first-order valence-electron chi connectivity index (χ1n) is 7.15. The number of carbonyl (C=O) groups excluding carboxylic acids is 1. The third kappa shape index (κ3) is 3.80. The molecule has 1 atom stereocenters. The van der Waals surface area contributed by atoms with E-state index in [1.807, 2.05) is 24.6 Å². The van der Waals surface area contributed by atoms with Crippen molar-refractivity contribution in [2.45, 2.75) is 26.3 Å². The lowest BCUT2D eigenvalue weighted by atomic mass is 10.1. The Labute approximate surface area is 142 Å². The van der Waals surface area contributed by atoms with Gasteiger partial charge in [0, 0.05) is 24.2 Å². The zero-order valence-corrected chi connectivity index (χ0v) is 14.4. The predicted octanol–water partition coefficient (Wildman–Crippen LogP) is 3.33. The standard InChI is InChI=1S/C16H16N4OS2/c1-10-13(8-18-11(2)19-10)15(21)20-14(16-17-4-6-23-16)7-12-3-5-22-9-12/h3-6,8-9,14H,7H2,1-2H3,(H,20,21). The number of aryl methyl sites for hydroxylation is 2. The Morgan fingerprint density at radius 3 is 2.83 bits per heavy atom. The lowest BCUT2D eigenvalue weighted by molar-refractivity contribution is 0.0935. The van der Waals surface area contributed by atoms with Gasteiger partial charge in [-0.3, -0.25) is 4.79 Å². The van der Waals surface area contributed by atoms with Gasteiger partial charge in [-0.05, 0) is 36.2 Å². The first-order chi connectivity index (χ1) is 11.1. The van der Waals surface area contributed by atoms with E-state index in [9.17, 15) is 4.79 Å². The molecule has 118 valence electrons. The van der Waals surface area contributed by atoms with Crippen molar-refractivity contribution >= 4 is 28.6 Å². The van der Waals surface area contributed by atoms with Gasteiger partial charge in [-0.25, -0.2) is 15.0 Å². The SMILES string of the molecule is Cc1ncc(C(=O)NC(Cc2ccsc2)c2nccs2)c(C)n1. The highest BCUT2D eigenvalue weighted by molar-refractivity contribution is 7.09. The number of nitrogens with one attached hydrogen (secondary N) is 1. The van der Waals surface area contributed by atoms with Crippen molar-refractivity contribution in [2.24, 2.45) is 0 Å². The molecule has 0 aromatic carbocycles. The summed E-state index contributed by atoms with van der Waals surface area (Å²) in [6.07, 6.45) is 4.05. The summed E-state index contributed by atoms with van der Waals surface area (Å²) in [5, 5.41) is 10.0. The summed E-state index contributed by atoms with van der Waals surface area (Å²) >= 11 is 3.19. The van der Waals surface area contributed by atoms with Crippen molar-refractivity contribution in [3.05, 3.63) is 62.3 Å². The van der Waals surface area contributed by atoms with Crippen LogP contribution in [0.3, 0.4) is 0 Å². The number of carbonyl (C=O) groups is 1. The first-order valence-corrected chi connectivity index (χ1v) is 8.97. The number of rotatable bonds is 5. The van der Waals surface area contributed by atoms with E-state index >= 15 is 0 Å². The van der Waals surface area contributed by atoms with E-state index in [1.54, 1.807) is 35.1 Å². The summed E-state index contributed by atoms with van der Waals surface area (Å²) in [7, 11) is 0. The fourth-order valence-electron chi connectivity index (χ4n) is 2.29. The number of nitrogens with zero attached hydrogens (tertiary/aromatic N) is 3. The van der Waals surface area contributed by atoms with Gasteiger partial charge < -0.3 is 5.32 Å². The van der Waals surface area contributed by atoms with Crippen LogP contribution < -0.4 is 5.32 Å².